The lowest BCUT2D eigenvalue weighted by molar-refractivity contribution is -0.145. The Morgan fingerprint density at radius 2 is 1.92 bits per heavy atom. The minimum atomic E-state index is -0.137. The summed E-state index contributed by atoms with van der Waals surface area (Å²) >= 11 is 0. The first kappa shape index (κ1) is 16.1. The van der Waals surface area contributed by atoms with Crippen LogP contribution in [-0.2, 0) is 14.3 Å². The van der Waals surface area contributed by atoms with E-state index in [9.17, 15) is 9.59 Å². The molecule has 0 aromatic rings. The second-order valence-electron chi connectivity index (χ2n) is 8.00. The second-order valence-corrected chi connectivity index (χ2v) is 8.00. The van der Waals surface area contributed by atoms with Gasteiger partial charge in [0.05, 0.1) is 5.92 Å². The fourth-order valence-electron chi connectivity index (χ4n) is 5.20. The number of piperidine rings is 1. The normalized spacial score (nSPS) is 37.0. The highest BCUT2D eigenvalue weighted by molar-refractivity contribution is 6.09. The van der Waals surface area contributed by atoms with E-state index in [4.69, 9.17) is 4.74 Å². The molecule has 24 heavy (non-hydrogen) atoms. The predicted octanol–water partition coefficient (Wildman–Crippen LogP) is 2.89. The van der Waals surface area contributed by atoms with E-state index < -0.39 is 0 Å². The van der Waals surface area contributed by atoms with Crippen molar-refractivity contribution in [3.05, 3.63) is 22.8 Å². The number of carbonyl (C=O) groups is 2. The minimum Gasteiger partial charge on any atom is -0.461 e. The molecule has 0 N–H and O–H groups in total. The van der Waals surface area contributed by atoms with Crippen LogP contribution in [0, 0.1) is 17.8 Å². The number of carbonyl (C=O) groups excluding carboxylic acids is 2. The second kappa shape index (κ2) is 6.14. The van der Waals surface area contributed by atoms with Crippen LogP contribution in [0.2, 0.25) is 0 Å². The number of ether oxygens (including phenoxy) is 1. The number of hydrogen-bond donors (Lipinski definition) is 0. The Labute approximate surface area is 143 Å². The molecule has 0 aromatic carbocycles. The molecule has 0 radical (unpaired) electrons. The molecule has 4 heteroatoms. The number of allylic oxidation sites excluding steroid dienone is 2. The van der Waals surface area contributed by atoms with Crippen LogP contribution in [0.1, 0.15) is 46.0 Å². The van der Waals surface area contributed by atoms with Crippen LogP contribution in [0.4, 0.5) is 0 Å². The molecule has 1 unspecified atom stereocenters. The van der Waals surface area contributed by atoms with Gasteiger partial charge in [0.1, 0.15) is 6.10 Å². The third-order valence-electron chi connectivity index (χ3n) is 6.46. The average Bonchev–Trinajstić information content (AvgIpc) is 2.97. The summed E-state index contributed by atoms with van der Waals surface area (Å²) < 4.78 is 5.89. The van der Waals surface area contributed by atoms with E-state index in [0.29, 0.717) is 0 Å². The van der Waals surface area contributed by atoms with Crippen molar-refractivity contribution in [2.75, 3.05) is 19.6 Å². The maximum absolute atomic E-state index is 12.6. The Morgan fingerprint density at radius 3 is 2.67 bits per heavy atom. The summed E-state index contributed by atoms with van der Waals surface area (Å²) in [5.41, 5.74) is 3.17. The van der Waals surface area contributed by atoms with E-state index in [1.807, 2.05) is 6.92 Å². The van der Waals surface area contributed by atoms with Crippen LogP contribution in [0.25, 0.3) is 0 Å². The van der Waals surface area contributed by atoms with E-state index in [1.165, 1.54) is 24.8 Å². The number of rotatable bonds is 2. The molecule has 2 fully saturated rings. The molecule has 130 valence electrons. The molecular formula is C20H27NO3. The van der Waals surface area contributed by atoms with Crippen molar-refractivity contribution >= 4 is 11.8 Å². The maximum atomic E-state index is 12.6. The van der Waals surface area contributed by atoms with Crippen molar-refractivity contribution < 1.29 is 14.3 Å². The van der Waals surface area contributed by atoms with Crippen molar-refractivity contribution in [2.45, 2.75) is 52.1 Å². The topological polar surface area (TPSA) is 46.6 Å². The van der Waals surface area contributed by atoms with E-state index in [2.05, 4.69) is 11.8 Å². The summed E-state index contributed by atoms with van der Waals surface area (Å²) in [6, 6.07) is 0. The Kier molecular flexibility index (Phi) is 4.11. The molecule has 4 nitrogen and oxygen atoms in total. The molecule has 2 saturated heterocycles. The maximum Gasteiger partial charge on any atom is 0.310 e. The fourth-order valence-corrected chi connectivity index (χ4v) is 5.20. The van der Waals surface area contributed by atoms with E-state index in [0.717, 1.165) is 43.6 Å². The lowest BCUT2D eigenvalue weighted by atomic mass is 9.80. The molecule has 2 aliphatic heterocycles. The molecule has 0 amide bonds. The van der Waals surface area contributed by atoms with E-state index >= 15 is 0 Å². The third-order valence-corrected chi connectivity index (χ3v) is 6.46. The van der Waals surface area contributed by atoms with Gasteiger partial charge in [0, 0.05) is 24.0 Å². The van der Waals surface area contributed by atoms with Gasteiger partial charge in [-0.2, -0.15) is 0 Å². The number of fused-ring (bicyclic) bond motifs is 3. The van der Waals surface area contributed by atoms with Crippen molar-refractivity contribution in [3.63, 3.8) is 0 Å². The molecule has 4 atom stereocenters. The van der Waals surface area contributed by atoms with Crippen LogP contribution >= 0.6 is 0 Å². The molecular weight excluding hydrogens is 302 g/mol. The Balaban J connectivity index is 1.59. The van der Waals surface area contributed by atoms with Gasteiger partial charge >= 0.3 is 5.97 Å². The van der Waals surface area contributed by atoms with Gasteiger partial charge in [-0.1, -0.05) is 17.6 Å². The van der Waals surface area contributed by atoms with Gasteiger partial charge < -0.3 is 9.64 Å². The number of hydrogen-bond acceptors (Lipinski definition) is 4. The fraction of sp³-hybridized carbons (Fsp3) is 0.700. The minimum absolute atomic E-state index is 0.000283. The average molecular weight is 329 g/mol. The van der Waals surface area contributed by atoms with Gasteiger partial charge in [0.25, 0.3) is 0 Å². The first-order valence-electron chi connectivity index (χ1n) is 9.41. The molecule has 0 spiro atoms. The zero-order valence-corrected chi connectivity index (χ0v) is 14.7. The number of nitrogens with zero attached hydrogens (tertiary/aromatic N) is 1. The monoisotopic (exact) mass is 329 g/mol. The summed E-state index contributed by atoms with van der Waals surface area (Å²) in [7, 11) is 0. The third kappa shape index (κ3) is 2.55. The smallest absolute Gasteiger partial charge is 0.310 e. The SMILES string of the molecule is CC1=CC(=O)C2=C(C)CC[C@@H]3C(OC(=O)[C@H]3CN3CCCCC3)[C@@H]12. The number of ketones is 1. The zero-order chi connectivity index (χ0) is 16.8. The summed E-state index contributed by atoms with van der Waals surface area (Å²) in [5, 5.41) is 0. The highest BCUT2D eigenvalue weighted by Crippen LogP contribution is 2.48. The Morgan fingerprint density at radius 1 is 1.17 bits per heavy atom. The predicted molar refractivity (Wildman–Crippen MR) is 91.3 cm³/mol. The molecule has 4 aliphatic rings. The van der Waals surface area contributed by atoms with Crippen molar-refractivity contribution in [3.8, 4) is 0 Å². The highest BCUT2D eigenvalue weighted by atomic mass is 16.6. The van der Waals surface area contributed by atoms with Gasteiger partial charge in [-0.15, -0.1) is 0 Å². The van der Waals surface area contributed by atoms with Crippen LogP contribution in [-0.4, -0.2) is 42.4 Å². The lowest BCUT2D eigenvalue weighted by Gasteiger charge is -2.30. The standard InChI is InChI=1S/C20H27NO3/c1-12-6-7-14-15(11-21-8-4-3-5-9-21)20(23)24-19(14)18-13(2)10-16(22)17(12)18/h10,14-15,18-19H,3-9,11H2,1-2H3/t14-,15-,18-,19?/m0/s1. The number of esters is 1. The molecule has 0 bridgehead atoms. The molecule has 0 saturated carbocycles. The van der Waals surface area contributed by atoms with Crippen LogP contribution in [0.5, 0.6) is 0 Å². The lowest BCUT2D eigenvalue weighted by Crippen LogP contribution is -2.38. The molecule has 0 aromatic heterocycles. The Bertz CT molecular complexity index is 627. The van der Waals surface area contributed by atoms with Gasteiger partial charge in [0.2, 0.25) is 0 Å². The van der Waals surface area contributed by atoms with Crippen molar-refractivity contribution in [1.82, 2.24) is 4.90 Å². The number of likely N-dealkylation sites (tertiary alicyclic amines) is 1. The largest absolute Gasteiger partial charge is 0.461 e. The summed E-state index contributed by atoms with van der Waals surface area (Å²) in [6.07, 6.45) is 7.26. The summed E-state index contributed by atoms with van der Waals surface area (Å²) in [4.78, 5) is 27.4. The zero-order valence-electron chi connectivity index (χ0n) is 14.7. The summed E-state index contributed by atoms with van der Waals surface area (Å²) in [6.45, 7) is 7.12. The first-order chi connectivity index (χ1) is 11.6. The summed E-state index contributed by atoms with van der Waals surface area (Å²) in [5.74, 6) is 0.308. The van der Waals surface area contributed by atoms with Crippen molar-refractivity contribution in [1.29, 1.82) is 0 Å². The van der Waals surface area contributed by atoms with Gasteiger partial charge in [0.15, 0.2) is 5.78 Å². The molecule has 4 rings (SSSR count). The van der Waals surface area contributed by atoms with Crippen LogP contribution in [0.15, 0.2) is 22.8 Å². The van der Waals surface area contributed by atoms with Crippen LogP contribution in [0.3, 0.4) is 0 Å². The van der Waals surface area contributed by atoms with Gasteiger partial charge in [-0.05, 0) is 58.7 Å². The Hall–Kier alpha value is -1.42. The molecule has 2 aliphatic carbocycles. The first-order valence-corrected chi connectivity index (χ1v) is 9.41. The van der Waals surface area contributed by atoms with E-state index in [-0.39, 0.29) is 35.6 Å². The van der Waals surface area contributed by atoms with Crippen molar-refractivity contribution in [2.24, 2.45) is 17.8 Å². The quantitative estimate of drug-likeness (QED) is 0.731. The van der Waals surface area contributed by atoms with Gasteiger partial charge in [-0.25, -0.2) is 0 Å². The van der Waals surface area contributed by atoms with Gasteiger partial charge in [-0.3, -0.25) is 9.59 Å². The highest BCUT2D eigenvalue weighted by Gasteiger charge is 2.52. The van der Waals surface area contributed by atoms with Crippen LogP contribution < -0.4 is 0 Å². The molecule has 2 heterocycles. The van der Waals surface area contributed by atoms with E-state index in [1.54, 1.807) is 6.08 Å².